The lowest BCUT2D eigenvalue weighted by atomic mass is 10.4. The van der Waals surface area contributed by atoms with Gasteiger partial charge in [0.2, 0.25) is 0 Å². The lowest BCUT2D eigenvalue weighted by Crippen LogP contribution is -2.19. The van der Waals surface area contributed by atoms with E-state index in [0.717, 1.165) is 22.7 Å². The third-order valence-corrected chi connectivity index (χ3v) is 4.02. The van der Waals surface area contributed by atoms with E-state index in [1.165, 1.54) is 12.3 Å². The van der Waals surface area contributed by atoms with Crippen LogP contribution < -0.4 is 5.43 Å². The van der Waals surface area contributed by atoms with Gasteiger partial charge in [-0.3, -0.25) is 9.48 Å². The molecule has 0 fully saturated rings. The lowest BCUT2D eigenvalue weighted by Gasteiger charge is -2.04. The molecule has 0 unspecified atom stereocenters. The maximum absolute atomic E-state index is 12.8. The van der Waals surface area contributed by atoms with E-state index in [1.807, 2.05) is 19.9 Å². The summed E-state index contributed by atoms with van der Waals surface area (Å²) in [5.41, 5.74) is 4.55. The number of thiophene rings is 1. The zero-order valence-electron chi connectivity index (χ0n) is 13.1. The molecule has 1 amide bonds. The molecule has 3 aromatic rings. The maximum Gasteiger partial charge on any atom is 0.291 e. The summed E-state index contributed by atoms with van der Waals surface area (Å²) in [6.07, 6.45) is 3.09. The van der Waals surface area contributed by atoms with Gasteiger partial charge in [0.05, 0.1) is 16.8 Å². The van der Waals surface area contributed by atoms with E-state index in [4.69, 9.17) is 0 Å². The molecule has 1 N–H and O–H groups in total. The molecule has 0 spiro atoms. The van der Waals surface area contributed by atoms with Crippen molar-refractivity contribution in [3.05, 3.63) is 57.6 Å². The van der Waals surface area contributed by atoms with Crippen LogP contribution >= 0.6 is 11.3 Å². The predicted octanol–water partition coefficient (Wildman–Crippen LogP) is 2.17. The Labute approximate surface area is 141 Å². The van der Waals surface area contributed by atoms with E-state index in [9.17, 15) is 9.18 Å². The first kappa shape index (κ1) is 16.1. The van der Waals surface area contributed by atoms with Crippen LogP contribution in [0.1, 0.15) is 26.8 Å². The molecule has 0 atom stereocenters. The summed E-state index contributed by atoms with van der Waals surface area (Å²) >= 11 is 0.947. The van der Waals surface area contributed by atoms with E-state index < -0.39 is 5.91 Å². The second-order valence-corrected chi connectivity index (χ2v) is 6.22. The van der Waals surface area contributed by atoms with E-state index in [2.05, 4.69) is 20.7 Å². The van der Waals surface area contributed by atoms with Gasteiger partial charge in [-0.15, -0.1) is 11.3 Å². The summed E-state index contributed by atoms with van der Waals surface area (Å²) in [6, 6.07) is 6.49. The second kappa shape index (κ2) is 6.75. The van der Waals surface area contributed by atoms with Gasteiger partial charge in [-0.2, -0.15) is 19.7 Å². The number of amides is 1. The molecule has 0 aromatic carbocycles. The first-order valence-corrected chi connectivity index (χ1v) is 7.96. The number of hydrazone groups is 1. The largest absolute Gasteiger partial charge is 0.291 e. The van der Waals surface area contributed by atoms with E-state index in [0.29, 0.717) is 11.5 Å². The van der Waals surface area contributed by atoms with Crippen molar-refractivity contribution in [1.29, 1.82) is 0 Å². The predicted molar refractivity (Wildman–Crippen MR) is 88.7 cm³/mol. The van der Waals surface area contributed by atoms with Crippen LogP contribution in [0.25, 0.3) is 0 Å². The lowest BCUT2D eigenvalue weighted by molar-refractivity contribution is 0.0949. The zero-order valence-corrected chi connectivity index (χ0v) is 13.9. The highest BCUT2D eigenvalue weighted by atomic mass is 32.1. The Hall–Kier alpha value is -2.81. The summed E-state index contributed by atoms with van der Waals surface area (Å²) in [5, 5.41) is 12.0. The van der Waals surface area contributed by atoms with Crippen molar-refractivity contribution in [3.63, 3.8) is 0 Å². The molecular formula is C15H15FN6OS. The van der Waals surface area contributed by atoms with Crippen LogP contribution in [-0.4, -0.2) is 31.7 Å². The Bertz CT molecular complexity index is 894. The minimum Gasteiger partial charge on any atom is -0.265 e. The number of carbonyl (C=O) groups is 1. The Morgan fingerprint density at radius 3 is 2.88 bits per heavy atom. The van der Waals surface area contributed by atoms with E-state index in [1.54, 1.807) is 27.7 Å². The van der Waals surface area contributed by atoms with Gasteiger partial charge in [-0.25, -0.2) is 10.1 Å². The zero-order chi connectivity index (χ0) is 17.1. The fourth-order valence-corrected chi connectivity index (χ4v) is 2.73. The number of hydrogen-bond donors (Lipinski definition) is 1. The number of halogens is 1. The van der Waals surface area contributed by atoms with Gasteiger partial charge in [-0.1, -0.05) is 0 Å². The number of rotatable bonds is 5. The molecule has 124 valence electrons. The van der Waals surface area contributed by atoms with E-state index in [-0.39, 0.29) is 10.8 Å². The molecule has 0 saturated carbocycles. The van der Waals surface area contributed by atoms with Gasteiger partial charge in [0.25, 0.3) is 5.91 Å². The molecule has 0 aliphatic rings. The van der Waals surface area contributed by atoms with Crippen LogP contribution in [0.15, 0.2) is 35.6 Å². The van der Waals surface area contributed by atoms with Gasteiger partial charge in [-0.05, 0) is 38.1 Å². The average molecular weight is 346 g/mol. The highest BCUT2D eigenvalue weighted by Crippen LogP contribution is 2.11. The average Bonchev–Trinajstić information content (AvgIpc) is 3.22. The summed E-state index contributed by atoms with van der Waals surface area (Å²) in [5.74, 6) is -0.435. The molecule has 0 radical (unpaired) electrons. The Morgan fingerprint density at radius 2 is 2.21 bits per heavy atom. The first-order valence-electron chi connectivity index (χ1n) is 7.14. The summed E-state index contributed by atoms with van der Waals surface area (Å²) in [4.78, 5) is 12.6. The Morgan fingerprint density at radius 1 is 1.38 bits per heavy atom. The molecule has 0 aliphatic carbocycles. The topological polar surface area (TPSA) is 77.1 Å². The number of nitrogens with one attached hydrogen (secondary N) is 1. The minimum atomic E-state index is -0.435. The third kappa shape index (κ3) is 3.74. The summed E-state index contributed by atoms with van der Waals surface area (Å²) < 4.78 is 16.3. The quantitative estimate of drug-likeness (QED) is 0.568. The third-order valence-electron chi connectivity index (χ3n) is 3.21. The molecule has 0 saturated heterocycles. The SMILES string of the molecule is Cc1cc(C)n(Cn2ccc(C(=O)NN=Cc3ccc(F)s3)n2)n1. The molecular weight excluding hydrogens is 331 g/mol. The monoisotopic (exact) mass is 346 g/mol. The van der Waals surface area contributed by atoms with E-state index >= 15 is 0 Å². The first-order chi connectivity index (χ1) is 11.5. The van der Waals surface area contributed by atoms with Crippen LogP contribution in [0, 0.1) is 19.0 Å². The Kier molecular flexibility index (Phi) is 4.52. The van der Waals surface area contributed by atoms with Crippen molar-refractivity contribution in [1.82, 2.24) is 25.0 Å². The Balaban J connectivity index is 1.61. The molecule has 0 aliphatic heterocycles. The molecule has 9 heteroatoms. The van der Waals surface area contributed by atoms with Crippen molar-refractivity contribution in [2.45, 2.75) is 20.5 Å². The maximum atomic E-state index is 12.8. The van der Waals surface area contributed by atoms with Crippen molar-refractivity contribution in [3.8, 4) is 0 Å². The molecule has 0 bridgehead atoms. The van der Waals surface area contributed by atoms with Gasteiger partial charge >= 0.3 is 0 Å². The fraction of sp³-hybridized carbons (Fsp3) is 0.200. The fourth-order valence-electron chi connectivity index (χ4n) is 2.13. The number of hydrogen-bond acceptors (Lipinski definition) is 5. The second-order valence-electron chi connectivity index (χ2n) is 5.15. The van der Waals surface area contributed by atoms with Crippen LogP contribution in [0.3, 0.4) is 0 Å². The molecule has 3 heterocycles. The van der Waals surface area contributed by atoms with Crippen molar-refractivity contribution >= 4 is 23.5 Å². The highest BCUT2D eigenvalue weighted by Gasteiger charge is 2.09. The number of aromatic nitrogens is 4. The molecule has 3 aromatic heterocycles. The number of carbonyl (C=O) groups excluding carboxylic acids is 1. The van der Waals surface area contributed by atoms with Gasteiger partial charge in [0, 0.05) is 11.9 Å². The normalized spacial score (nSPS) is 11.3. The molecule has 3 rings (SSSR count). The smallest absolute Gasteiger partial charge is 0.265 e. The number of nitrogens with zero attached hydrogens (tertiary/aromatic N) is 5. The van der Waals surface area contributed by atoms with Crippen LogP contribution in [0.4, 0.5) is 4.39 Å². The van der Waals surface area contributed by atoms with Crippen molar-refractivity contribution in [2.75, 3.05) is 0 Å². The highest BCUT2D eigenvalue weighted by molar-refractivity contribution is 7.12. The van der Waals surface area contributed by atoms with Gasteiger partial charge in [0.15, 0.2) is 10.8 Å². The van der Waals surface area contributed by atoms with Crippen LogP contribution in [0.5, 0.6) is 0 Å². The minimum absolute atomic E-state index is 0.242. The van der Waals surface area contributed by atoms with Gasteiger partial charge in [0.1, 0.15) is 6.67 Å². The van der Waals surface area contributed by atoms with Crippen LogP contribution in [-0.2, 0) is 6.67 Å². The van der Waals surface area contributed by atoms with Crippen molar-refractivity contribution in [2.24, 2.45) is 5.10 Å². The molecule has 7 nitrogen and oxygen atoms in total. The van der Waals surface area contributed by atoms with Gasteiger partial charge < -0.3 is 0 Å². The van der Waals surface area contributed by atoms with Crippen molar-refractivity contribution < 1.29 is 9.18 Å². The number of aryl methyl sites for hydroxylation is 2. The summed E-state index contributed by atoms with van der Waals surface area (Å²) in [6.45, 7) is 4.30. The van der Waals surface area contributed by atoms with Crippen LogP contribution in [0.2, 0.25) is 0 Å². The molecule has 24 heavy (non-hydrogen) atoms. The summed E-state index contributed by atoms with van der Waals surface area (Å²) in [7, 11) is 0. The standard InChI is InChI=1S/C15H15FN6OS/c1-10-7-11(2)22(19-10)9-21-6-5-13(20-21)15(23)18-17-8-12-3-4-14(16)24-12/h3-8H,9H2,1-2H3,(H,18,23).